The molecular weight excluding hydrogens is 337 g/mol. The number of aromatic nitrogens is 2. The first-order valence-electron chi connectivity index (χ1n) is 8.06. The Hall–Kier alpha value is -3.22. The van der Waals surface area contributed by atoms with Gasteiger partial charge in [-0.2, -0.15) is 4.98 Å². The van der Waals surface area contributed by atoms with E-state index in [4.69, 9.17) is 9.26 Å². The molecule has 1 heterocycles. The highest BCUT2D eigenvalue weighted by atomic mass is 19.1. The van der Waals surface area contributed by atoms with Crippen LogP contribution in [-0.4, -0.2) is 22.2 Å². The number of hydrogen-bond acceptors (Lipinski definition) is 5. The van der Waals surface area contributed by atoms with Crippen molar-refractivity contribution in [3.05, 3.63) is 59.4 Å². The van der Waals surface area contributed by atoms with Gasteiger partial charge in [0.05, 0.1) is 0 Å². The number of amides is 1. The zero-order chi connectivity index (χ0) is 18.7. The van der Waals surface area contributed by atoms with Crippen molar-refractivity contribution in [2.24, 2.45) is 0 Å². The third kappa shape index (κ3) is 4.24. The molecule has 0 unspecified atom stereocenters. The number of benzene rings is 2. The van der Waals surface area contributed by atoms with E-state index < -0.39 is 12.0 Å². The van der Waals surface area contributed by atoms with Gasteiger partial charge < -0.3 is 9.26 Å². The molecule has 3 rings (SSSR count). The summed E-state index contributed by atoms with van der Waals surface area (Å²) in [5.41, 5.74) is 2.66. The largest absolute Gasteiger partial charge is 0.481 e. The SMILES string of the molecule is Cc1cc(C)cc(O[C@@H](C)C(=O)Nc2noc(-c3ccc(F)cc3)n2)c1. The van der Waals surface area contributed by atoms with Crippen molar-refractivity contribution in [2.45, 2.75) is 26.9 Å². The van der Waals surface area contributed by atoms with Crippen LogP contribution < -0.4 is 10.1 Å². The first-order valence-corrected chi connectivity index (χ1v) is 8.06. The number of nitrogens with zero attached hydrogens (tertiary/aromatic N) is 2. The lowest BCUT2D eigenvalue weighted by atomic mass is 10.1. The highest BCUT2D eigenvalue weighted by molar-refractivity contribution is 5.92. The summed E-state index contributed by atoms with van der Waals surface area (Å²) in [6, 6.07) is 11.3. The molecular formula is C19H18FN3O3. The van der Waals surface area contributed by atoms with Gasteiger partial charge in [-0.1, -0.05) is 6.07 Å². The van der Waals surface area contributed by atoms with Gasteiger partial charge in [-0.25, -0.2) is 4.39 Å². The van der Waals surface area contributed by atoms with Crippen molar-refractivity contribution >= 4 is 11.9 Å². The molecule has 134 valence electrons. The predicted molar refractivity (Wildman–Crippen MR) is 94.3 cm³/mol. The monoisotopic (exact) mass is 355 g/mol. The second-order valence-electron chi connectivity index (χ2n) is 6.00. The summed E-state index contributed by atoms with van der Waals surface area (Å²) in [6.07, 6.45) is -0.746. The molecule has 26 heavy (non-hydrogen) atoms. The van der Waals surface area contributed by atoms with Crippen LogP contribution in [0.2, 0.25) is 0 Å². The molecule has 0 aliphatic carbocycles. The number of rotatable bonds is 5. The first kappa shape index (κ1) is 17.6. The minimum Gasteiger partial charge on any atom is -0.481 e. The fraction of sp³-hybridized carbons (Fsp3) is 0.211. The summed E-state index contributed by atoms with van der Waals surface area (Å²) in [4.78, 5) is 16.3. The van der Waals surface area contributed by atoms with Gasteiger partial charge in [-0.05, 0) is 73.5 Å². The van der Waals surface area contributed by atoms with E-state index in [0.717, 1.165) is 11.1 Å². The first-order chi connectivity index (χ1) is 12.4. The highest BCUT2D eigenvalue weighted by Gasteiger charge is 2.18. The van der Waals surface area contributed by atoms with Crippen LogP contribution in [0.25, 0.3) is 11.5 Å². The van der Waals surface area contributed by atoms with Gasteiger partial charge in [0.1, 0.15) is 11.6 Å². The van der Waals surface area contributed by atoms with E-state index in [2.05, 4.69) is 15.5 Å². The van der Waals surface area contributed by atoms with E-state index in [1.165, 1.54) is 24.3 Å². The molecule has 0 spiro atoms. The lowest BCUT2D eigenvalue weighted by Crippen LogP contribution is -2.30. The summed E-state index contributed by atoms with van der Waals surface area (Å²) in [5, 5.41) is 6.24. The standard InChI is InChI=1S/C19H18FN3O3/c1-11-8-12(2)10-16(9-11)25-13(3)17(24)21-19-22-18(26-23-19)14-4-6-15(20)7-5-14/h4-10,13H,1-3H3,(H,21,23,24)/t13-/m0/s1. The van der Waals surface area contributed by atoms with E-state index in [9.17, 15) is 9.18 Å². The van der Waals surface area contributed by atoms with Gasteiger partial charge >= 0.3 is 0 Å². The number of halogens is 1. The second kappa shape index (κ2) is 7.35. The molecule has 0 saturated carbocycles. The topological polar surface area (TPSA) is 77.2 Å². The van der Waals surface area contributed by atoms with Crippen LogP contribution in [0, 0.1) is 19.7 Å². The molecule has 1 aromatic heterocycles. The number of aryl methyl sites for hydroxylation is 2. The number of carbonyl (C=O) groups excluding carboxylic acids is 1. The Bertz CT molecular complexity index is 902. The van der Waals surface area contributed by atoms with Crippen molar-refractivity contribution < 1.29 is 18.4 Å². The number of hydrogen-bond donors (Lipinski definition) is 1. The Labute approximate surface area is 150 Å². The molecule has 2 aromatic carbocycles. The maximum atomic E-state index is 13.0. The number of ether oxygens (including phenoxy) is 1. The molecule has 0 radical (unpaired) electrons. The van der Waals surface area contributed by atoms with Crippen LogP contribution in [0.15, 0.2) is 47.0 Å². The van der Waals surface area contributed by atoms with Gasteiger partial charge in [0.2, 0.25) is 0 Å². The molecule has 0 bridgehead atoms. The Morgan fingerprint density at radius 2 is 1.81 bits per heavy atom. The molecule has 1 N–H and O–H groups in total. The smallest absolute Gasteiger partial charge is 0.270 e. The summed E-state index contributed by atoms with van der Waals surface area (Å²) >= 11 is 0. The highest BCUT2D eigenvalue weighted by Crippen LogP contribution is 2.20. The molecule has 1 atom stereocenters. The fourth-order valence-electron chi connectivity index (χ4n) is 2.45. The summed E-state index contributed by atoms with van der Waals surface area (Å²) in [7, 11) is 0. The van der Waals surface area contributed by atoms with Crippen molar-refractivity contribution in [3.63, 3.8) is 0 Å². The van der Waals surface area contributed by atoms with Crippen LogP contribution >= 0.6 is 0 Å². The third-order valence-corrected chi connectivity index (χ3v) is 3.63. The quantitative estimate of drug-likeness (QED) is 0.751. The summed E-state index contributed by atoms with van der Waals surface area (Å²) in [5.74, 6) is 0.0495. The van der Waals surface area contributed by atoms with Gasteiger partial charge in [0, 0.05) is 5.56 Å². The Kier molecular flexibility index (Phi) is 4.97. The molecule has 6 nitrogen and oxygen atoms in total. The minimum atomic E-state index is -0.746. The number of carbonyl (C=O) groups is 1. The molecule has 0 fully saturated rings. The van der Waals surface area contributed by atoms with Crippen molar-refractivity contribution in [3.8, 4) is 17.2 Å². The van der Waals surface area contributed by atoms with Gasteiger partial charge in [0.15, 0.2) is 6.10 Å². The predicted octanol–water partition coefficient (Wildman–Crippen LogP) is 3.90. The van der Waals surface area contributed by atoms with Crippen molar-refractivity contribution in [2.75, 3.05) is 5.32 Å². The fourth-order valence-corrected chi connectivity index (χ4v) is 2.45. The lowest BCUT2D eigenvalue weighted by Gasteiger charge is -2.14. The average molecular weight is 355 g/mol. The molecule has 1 amide bonds. The van der Waals surface area contributed by atoms with E-state index in [1.54, 1.807) is 6.92 Å². The lowest BCUT2D eigenvalue weighted by molar-refractivity contribution is -0.122. The molecule has 7 heteroatoms. The zero-order valence-corrected chi connectivity index (χ0v) is 14.6. The van der Waals surface area contributed by atoms with E-state index >= 15 is 0 Å². The molecule has 0 aliphatic rings. The third-order valence-electron chi connectivity index (χ3n) is 3.63. The summed E-state index contributed by atoms with van der Waals surface area (Å²) in [6.45, 7) is 5.55. The van der Waals surface area contributed by atoms with E-state index in [0.29, 0.717) is 11.3 Å². The number of nitrogens with one attached hydrogen (secondary N) is 1. The zero-order valence-electron chi connectivity index (χ0n) is 14.6. The maximum absolute atomic E-state index is 13.0. The van der Waals surface area contributed by atoms with Crippen LogP contribution in [-0.2, 0) is 4.79 Å². The van der Waals surface area contributed by atoms with E-state index in [1.807, 2.05) is 32.0 Å². The number of anilines is 1. The Balaban J connectivity index is 1.65. The van der Waals surface area contributed by atoms with Gasteiger partial charge in [-0.3, -0.25) is 10.1 Å². The van der Waals surface area contributed by atoms with Crippen LogP contribution in [0.4, 0.5) is 10.3 Å². The van der Waals surface area contributed by atoms with Gasteiger partial charge in [-0.15, -0.1) is 0 Å². The van der Waals surface area contributed by atoms with E-state index in [-0.39, 0.29) is 17.7 Å². The normalized spacial score (nSPS) is 11.8. The molecule has 0 saturated heterocycles. The van der Waals surface area contributed by atoms with Crippen LogP contribution in [0.3, 0.4) is 0 Å². The minimum absolute atomic E-state index is 0.0187. The van der Waals surface area contributed by atoms with Crippen molar-refractivity contribution in [1.29, 1.82) is 0 Å². The van der Waals surface area contributed by atoms with Crippen LogP contribution in [0.1, 0.15) is 18.1 Å². The second-order valence-corrected chi connectivity index (χ2v) is 6.00. The summed E-state index contributed by atoms with van der Waals surface area (Å²) < 4.78 is 23.7. The molecule has 0 aliphatic heterocycles. The average Bonchev–Trinajstić information content (AvgIpc) is 3.03. The van der Waals surface area contributed by atoms with Gasteiger partial charge in [0.25, 0.3) is 17.7 Å². The Morgan fingerprint density at radius 1 is 1.15 bits per heavy atom. The molecule has 3 aromatic rings. The Morgan fingerprint density at radius 3 is 2.46 bits per heavy atom. The van der Waals surface area contributed by atoms with Crippen molar-refractivity contribution in [1.82, 2.24) is 10.1 Å². The van der Waals surface area contributed by atoms with Crippen LogP contribution in [0.5, 0.6) is 5.75 Å². The maximum Gasteiger partial charge on any atom is 0.270 e.